The first-order chi connectivity index (χ1) is 16.8. The van der Waals surface area contributed by atoms with Crippen molar-refractivity contribution in [1.29, 1.82) is 0 Å². The smallest absolute Gasteiger partial charge is 0.410 e. The van der Waals surface area contributed by atoms with Gasteiger partial charge in [0, 0.05) is 30.2 Å². The lowest BCUT2D eigenvalue weighted by Gasteiger charge is -2.38. The van der Waals surface area contributed by atoms with E-state index in [-0.39, 0.29) is 24.0 Å². The van der Waals surface area contributed by atoms with E-state index in [1.807, 2.05) is 49.9 Å². The van der Waals surface area contributed by atoms with Gasteiger partial charge in [-0.1, -0.05) is 42.5 Å². The molecule has 0 radical (unpaired) electrons. The summed E-state index contributed by atoms with van der Waals surface area (Å²) < 4.78 is 5.56. The molecule has 6 heteroatoms. The molecule has 0 aromatic heterocycles. The van der Waals surface area contributed by atoms with Crippen molar-refractivity contribution in [1.82, 2.24) is 4.90 Å². The summed E-state index contributed by atoms with van der Waals surface area (Å²) in [6.45, 7) is 6.85. The van der Waals surface area contributed by atoms with Crippen LogP contribution in [-0.4, -0.2) is 29.0 Å². The molecule has 3 aliphatic rings. The zero-order valence-corrected chi connectivity index (χ0v) is 20.2. The second kappa shape index (κ2) is 7.87. The minimum atomic E-state index is -0.501. The van der Waals surface area contributed by atoms with Crippen LogP contribution in [0.1, 0.15) is 55.0 Å². The number of anilines is 3. The maximum Gasteiger partial charge on any atom is 0.410 e. The maximum absolute atomic E-state index is 12.5. The van der Waals surface area contributed by atoms with E-state index < -0.39 is 5.60 Å². The predicted molar refractivity (Wildman–Crippen MR) is 136 cm³/mol. The quantitative estimate of drug-likeness (QED) is 0.487. The van der Waals surface area contributed by atoms with Gasteiger partial charge in [0.05, 0.1) is 12.0 Å². The Kier molecular flexibility index (Phi) is 4.88. The van der Waals surface area contributed by atoms with Crippen molar-refractivity contribution in [3.8, 4) is 0 Å². The van der Waals surface area contributed by atoms with E-state index >= 15 is 0 Å². The first-order valence-corrected chi connectivity index (χ1v) is 12.2. The number of ether oxygens (including phenoxy) is 1. The van der Waals surface area contributed by atoms with E-state index in [2.05, 4.69) is 47.8 Å². The summed E-state index contributed by atoms with van der Waals surface area (Å²) in [6.07, 6.45) is 0.507. The van der Waals surface area contributed by atoms with Gasteiger partial charge >= 0.3 is 6.09 Å². The van der Waals surface area contributed by atoms with Crippen LogP contribution >= 0.6 is 0 Å². The van der Waals surface area contributed by atoms with Crippen molar-refractivity contribution < 1.29 is 14.3 Å². The van der Waals surface area contributed by atoms with E-state index in [9.17, 15) is 9.59 Å². The number of hydrogen-bond acceptors (Lipinski definition) is 4. The Morgan fingerprint density at radius 2 is 1.77 bits per heavy atom. The molecule has 2 unspecified atom stereocenters. The van der Waals surface area contributed by atoms with Crippen LogP contribution in [0.15, 0.2) is 66.7 Å². The molecule has 0 spiro atoms. The highest BCUT2D eigenvalue weighted by Gasteiger charge is 2.56. The number of nitrogens with zero attached hydrogens (tertiary/aromatic N) is 2. The van der Waals surface area contributed by atoms with E-state index in [0.717, 1.165) is 40.2 Å². The Morgan fingerprint density at radius 3 is 2.51 bits per heavy atom. The van der Waals surface area contributed by atoms with Gasteiger partial charge in [0.25, 0.3) is 0 Å². The number of para-hydroxylation sites is 1. The Labute approximate surface area is 205 Å². The third-order valence-corrected chi connectivity index (χ3v) is 7.08. The number of hydrogen-bond donors (Lipinski definition) is 1. The van der Waals surface area contributed by atoms with Gasteiger partial charge < -0.3 is 19.9 Å². The second-order valence-corrected chi connectivity index (χ2v) is 10.5. The molecule has 0 aliphatic carbocycles. The number of amides is 2. The summed E-state index contributed by atoms with van der Waals surface area (Å²) >= 11 is 0. The third-order valence-electron chi connectivity index (χ3n) is 7.08. The number of benzene rings is 3. The molecule has 6 nitrogen and oxygen atoms in total. The van der Waals surface area contributed by atoms with Crippen LogP contribution in [0, 0.1) is 0 Å². The van der Waals surface area contributed by atoms with Crippen molar-refractivity contribution in [2.75, 3.05) is 16.8 Å². The molecule has 3 aromatic carbocycles. The number of rotatable bonds is 3. The molecule has 2 amide bonds. The highest BCUT2D eigenvalue weighted by atomic mass is 16.6. The molecule has 1 saturated heterocycles. The lowest BCUT2D eigenvalue weighted by Crippen LogP contribution is -2.47. The summed E-state index contributed by atoms with van der Waals surface area (Å²) in [7, 11) is 0. The number of carbonyl (C=O) groups is 2. The average Bonchev–Trinajstić information content (AvgIpc) is 3.33. The van der Waals surface area contributed by atoms with Gasteiger partial charge in [0.2, 0.25) is 5.91 Å². The van der Waals surface area contributed by atoms with Crippen LogP contribution < -0.4 is 10.2 Å². The molecule has 2 bridgehead atoms. The molecule has 6 rings (SSSR count). The predicted octanol–water partition coefficient (Wildman–Crippen LogP) is 5.91. The van der Waals surface area contributed by atoms with Crippen LogP contribution in [0.25, 0.3) is 0 Å². The monoisotopic (exact) mass is 467 g/mol. The van der Waals surface area contributed by atoms with Crippen molar-refractivity contribution in [3.05, 3.63) is 89.0 Å². The largest absolute Gasteiger partial charge is 0.444 e. The van der Waals surface area contributed by atoms with E-state index in [1.165, 1.54) is 5.56 Å². The molecule has 35 heavy (non-hydrogen) atoms. The zero-order valence-electron chi connectivity index (χ0n) is 20.2. The molecule has 3 aliphatic heterocycles. The fourth-order valence-corrected chi connectivity index (χ4v) is 5.50. The van der Waals surface area contributed by atoms with Gasteiger partial charge in [0.1, 0.15) is 5.60 Å². The van der Waals surface area contributed by atoms with E-state index in [0.29, 0.717) is 13.1 Å². The Morgan fingerprint density at radius 1 is 1.00 bits per heavy atom. The summed E-state index contributed by atoms with van der Waals surface area (Å²) in [5.74, 6) is 0.147. The fourth-order valence-electron chi connectivity index (χ4n) is 5.50. The first kappa shape index (κ1) is 21.7. The molecular formula is C29H29N3O3. The molecule has 3 heterocycles. The number of fused-ring (bicyclic) bond motifs is 6. The highest BCUT2D eigenvalue weighted by Crippen LogP contribution is 2.58. The van der Waals surface area contributed by atoms with Crippen molar-refractivity contribution in [2.24, 2.45) is 0 Å². The van der Waals surface area contributed by atoms with Gasteiger partial charge in [-0.2, -0.15) is 0 Å². The van der Waals surface area contributed by atoms with Gasteiger partial charge in [-0.05, 0) is 73.7 Å². The second-order valence-electron chi connectivity index (χ2n) is 10.5. The normalized spacial score (nSPS) is 20.1. The van der Waals surface area contributed by atoms with Crippen LogP contribution in [0.5, 0.6) is 0 Å². The summed E-state index contributed by atoms with van der Waals surface area (Å²) in [5.41, 5.74) is 7.28. The number of nitrogens with one attached hydrogen (secondary N) is 1. The number of carbonyl (C=O) groups excluding carboxylic acids is 2. The average molecular weight is 468 g/mol. The topological polar surface area (TPSA) is 61.9 Å². The molecule has 0 saturated carbocycles. The standard InChI is InChI=1S/C29H29N3O3/c1-29(2,3)35-28(34)31-16-15-21-19(17-31)7-6-9-23(21)30-20-13-11-18(12-14-20)26-25-22-8-4-5-10-24(22)32(26)27(25)33/h4-14,25-26,30H,15-17H2,1-3H3. The molecule has 2 atom stereocenters. The van der Waals surface area contributed by atoms with Gasteiger partial charge in [0.15, 0.2) is 0 Å². The van der Waals surface area contributed by atoms with Crippen LogP contribution in [0.2, 0.25) is 0 Å². The van der Waals surface area contributed by atoms with Gasteiger partial charge in [-0.25, -0.2) is 4.79 Å². The Bertz CT molecular complexity index is 1290. The minimum Gasteiger partial charge on any atom is -0.444 e. The van der Waals surface area contributed by atoms with Crippen LogP contribution in [0.3, 0.4) is 0 Å². The zero-order chi connectivity index (χ0) is 24.3. The molecule has 178 valence electrons. The van der Waals surface area contributed by atoms with E-state index in [4.69, 9.17) is 4.74 Å². The lowest BCUT2D eigenvalue weighted by atomic mass is 9.84. The van der Waals surface area contributed by atoms with E-state index in [1.54, 1.807) is 4.90 Å². The molecule has 1 N–H and O–H groups in total. The third kappa shape index (κ3) is 3.64. The van der Waals surface area contributed by atoms with Gasteiger partial charge in [-0.3, -0.25) is 4.79 Å². The minimum absolute atomic E-state index is 0.0564. The van der Waals surface area contributed by atoms with Crippen molar-refractivity contribution in [3.63, 3.8) is 0 Å². The maximum atomic E-state index is 12.5. The summed E-state index contributed by atoms with van der Waals surface area (Å²) in [4.78, 5) is 28.7. The highest BCUT2D eigenvalue weighted by molar-refractivity contribution is 6.13. The van der Waals surface area contributed by atoms with Crippen LogP contribution in [0.4, 0.5) is 21.9 Å². The lowest BCUT2D eigenvalue weighted by molar-refractivity contribution is -0.125. The number of β-lactam (4-membered cyclic amide) rings is 1. The Hall–Kier alpha value is -3.80. The summed E-state index contributed by atoms with van der Waals surface area (Å²) in [5, 5.41) is 3.57. The fraction of sp³-hybridized carbons (Fsp3) is 0.310. The van der Waals surface area contributed by atoms with Crippen molar-refractivity contribution in [2.45, 2.75) is 51.3 Å². The SMILES string of the molecule is CC(C)(C)OC(=O)N1CCc2c(cccc2Nc2ccc(C3C4C(=O)N3c3ccccc34)cc2)C1. The first-order valence-electron chi connectivity index (χ1n) is 12.2. The Balaban J connectivity index is 1.17. The summed E-state index contributed by atoms with van der Waals surface area (Å²) in [6, 6.07) is 22.8. The van der Waals surface area contributed by atoms with Crippen LogP contribution in [-0.2, 0) is 22.5 Å². The molecular weight excluding hydrogens is 438 g/mol. The van der Waals surface area contributed by atoms with Crippen molar-refractivity contribution >= 4 is 29.1 Å². The molecule has 3 aromatic rings. The van der Waals surface area contributed by atoms with Gasteiger partial charge in [-0.15, -0.1) is 0 Å². The molecule has 1 fully saturated rings.